The molecule has 2 heterocycles. The molecule has 0 amide bonds. The van der Waals surface area contributed by atoms with Gasteiger partial charge in [-0.25, -0.2) is 8.42 Å². The third-order valence-corrected chi connectivity index (χ3v) is 7.35. The molecule has 1 aliphatic rings. The molecule has 3 rings (SSSR count). The molecule has 1 aliphatic heterocycles. The fraction of sp³-hybridized carbons (Fsp3) is 0.529. The minimum absolute atomic E-state index is 0.189. The summed E-state index contributed by atoms with van der Waals surface area (Å²) < 4.78 is 25.1. The van der Waals surface area contributed by atoms with Gasteiger partial charge in [0.1, 0.15) is 5.82 Å². The van der Waals surface area contributed by atoms with Gasteiger partial charge >= 0.3 is 0 Å². The quantitative estimate of drug-likeness (QED) is 0.557. The molecule has 0 aliphatic carbocycles. The first kappa shape index (κ1) is 17.5. The summed E-state index contributed by atoms with van der Waals surface area (Å²) in [5.74, 6) is 2.69. The van der Waals surface area contributed by atoms with Crippen LogP contribution in [0.5, 0.6) is 0 Å². The Morgan fingerprint density at radius 2 is 2.04 bits per heavy atom. The maximum atomic E-state index is 11.6. The van der Waals surface area contributed by atoms with Crippen molar-refractivity contribution in [3.05, 3.63) is 41.7 Å². The van der Waals surface area contributed by atoms with Gasteiger partial charge in [0.2, 0.25) is 0 Å². The van der Waals surface area contributed by atoms with Crippen molar-refractivity contribution in [2.45, 2.75) is 30.8 Å². The van der Waals surface area contributed by atoms with Crippen molar-refractivity contribution in [3.8, 4) is 0 Å². The fourth-order valence-corrected chi connectivity index (χ4v) is 5.75. The van der Waals surface area contributed by atoms with Crippen LogP contribution in [0.25, 0.3) is 0 Å². The van der Waals surface area contributed by atoms with E-state index in [0.717, 1.165) is 36.0 Å². The molecule has 0 radical (unpaired) electrons. The van der Waals surface area contributed by atoms with Gasteiger partial charge in [0.25, 0.3) is 0 Å². The zero-order valence-electron chi connectivity index (χ0n) is 13.9. The number of rotatable bonds is 7. The molecule has 1 saturated heterocycles. The van der Waals surface area contributed by atoms with Crippen LogP contribution in [0.3, 0.4) is 0 Å². The van der Waals surface area contributed by atoms with Crippen molar-refractivity contribution < 1.29 is 8.42 Å². The van der Waals surface area contributed by atoms with Crippen molar-refractivity contribution in [1.29, 1.82) is 0 Å². The van der Waals surface area contributed by atoms with E-state index >= 15 is 0 Å². The highest BCUT2D eigenvalue weighted by Crippen LogP contribution is 2.24. The van der Waals surface area contributed by atoms with Gasteiger partial charge in [-0.2, -0.15) is 0 Å². The molecule has 5 nitrogen and oxygen atoms in total. The van der Waals surface area contributed by atoms with Crippen LogP contribution in [-0.2, 0) is 29.7 Å². The van der Waals surface area contributed by atoms with Crippen LogP contribution in [0.2, 0.25) is 0 Å². The van der Waals surface area contributed by atoms with Crippen molar-refractivity contribution in [2.75, 3.05) is 17.3 Å². The molecule has 1 fully saturated rings. The summed E-state index contributed by atoms with van der Waals surface area (Å²) in [6, 6.07) is 10.5. The monoisotopic (exact) mass is 365 g/mol. The van der Waals surface area contributed by atoms with Crippen molar-refractivity contribution in [3.63, 3.8) is 0 Å². The molecular weight excluding hydrogens is 342 g/mol. The Morgan fingerprint density at radius 1 is 1.25 bits per heavy atom. The lowest BCUT2D eigenvalue weighted by Gasteiger charge is -2.07. The Hall–Kier alpha value is -1.34. The molecule has 0 saturated carbocycles. The molecule has 2 aromatic rings. The number of aryl methyl sites for hydroxylation is 1. The smallest absolute Gasteiger partial charge is 0.190 e. The van der Waals surface area contributed by atoms with Gasteiger partial charge in [-0.05, 0) is 30.7 Å². The van der Waals surface area contributed by atoms with Crippen LogP contribution in [0.1, 0.15) is 24.2 Å². The number of aromatic nitrogens is 3. The third-order valence-electron chi connectivity index (χ3n) is 4.41. The predicted octanol–water partition coefficient (Wildman–Crippen LogP) is 2.52. The summed E-state index contributed by atoms with van der Waals surface area (Å²) in [7, 11) is -0.858. The first-order valence-electron chi connectivity index (χ1n) is 8.29. The number of benzene rings is 1. The molecule has 24 heavy (non-hydrogen) atoms. The summed E-state index contributed by atoms with van der Waals surface area (Å²) in [5.41, 5.74) is 1.36. The topological polar surface area (TPSA) is 64.8 Å². The molecule has 7 heteroatoms. The van der Waals surface area contributed by atoms with Crippen LogP contribution in [-0.4, -0.2) is 40.4 Å². The van der Waals surface area contributed by atoms with E-state index in [-0.39, 0.29) is 5.92 Å². The van der Waals surface area contributed by atoms with Crippen molar-refractivity contribution in [1.82, 2.24) is 14.8 Å². The van der Waals surface area contributed by atoms with Gasteiger partial charge in [0, 0.05) is 19.2 Å². The highest BCUT2D eigenvalue weighted by Gasteiger charge is 2.29. The van der Waals surface area contributed by atoms with E-state index in [4.69, 9.17) is 0 Å². The van der Waals surface area contributed by atoms with E-state index in [0.29, 0.717) is 17.9 Å². The molecule has 1 unspecified atom stereocenters. The van der Waals surface area contributed by atoms with E-state index in [1.807, 2.05) is 17.7 Å². The largest absolute Gasteiger partial charge is 0.309 e. The van der Waals surface area contributed by atoms with E-state index in [9.17, 15) is 8.42 Å². The van der Waals surface area contributed by atoms with Gasteiger partial charge < -0.3 is 4.57 Å². The number of hydrogen-bond acceptors (Lipinski definition) is 5. The van der Waals surface area contributed by atoms with Gasteiger partial charge in [-0.1, -0.05) is 42.1 Å². The third kappa shape index (κ3) is 4.60. The maximum Gasteiger partial charge on any atom is 0.190 e. The average molecular weight is 366 g/mol. The van der Waals surface area contributed by atoms with Gasteiger partial charge in [-0.15, -0.1) is 10.2 Å². The molecule has 1 aromatic heterocycles. The molecule has 1 aromatic carbocycles. The summed E-state index contributed by atoms with van der Waals surface area (Å²) in [4.78, 5) is 0. The second-order valence-corrected chi connectivity index (χ2v) is 9.66. The van der Waals surface area contributed by atoms with E-state index in [1.165, 1.54) is 5.56 Å². The Labute approximate surface area is 147 Å². The molecular formula is C17H23N3O2S2. The second kappa shape index (κ2) is 7.70. The lowest BCUT2D eigenvalue weighted by molar-refractivity contribution is 0.552. The Bertz CT molecular complexity index is 772. The van der Waals surface area contributed by atoms with Gasteiger partial charge in [0.15, 0.2) is 15.0 Å². The number of nitrogens with zero attached hydrogens (tertiary/aromatic N) is 3. The molecule has 0 bridgehead atoms. The summed E-state index contributed by atoms with van der Waals surface area (Å²) in [6.07, 6.45) is 3.61. The fourth-order valence-electron chi connectivity index (χ4n) is 3.02. The van der Waals surface area contributed by atoms with E-state index in [2.05, 4.69) is 34.5 Å². The van der Waals surface area contributed by atoms with Crippen LogP contribution in [0, 0.1) is 5.92 Å². The molecule has 0 N–H and O–H groups in total. The predicted molar refractivity (Wildman–Crippen MR) is 97.0 cm³/mol. The van der Waals surface area contributed by atoms with Crippen LogP contribution in [0.4, 0.5) is 0 Å². The van der Waals surface area contributed by atoms with Crippen LogP contribution < -0.4 is 0 Å². The van der Waals surface area contributed by atoms with Crippen LogP contribution >= 0.6 is 11.8 Å². The number of thioether (sulfide) groups is 1. The van der Waals surface area contributed by atoms with Crippen molar-refractivity contribution in [2.24, 2.45) is 13.0 Å². The summed E-state index contributed by atoms with van der Waals surface area (Å²) in [6.45, 7) is 0. The average Bonchev–Trinajstić information content (AvgIpc) is 3.08. The SMILES string of the molecule is Cn1c(CC2CCS(=O)(=O)C2)nnc1SCCCc1ccccc1. The Morgan fingerprint density at radius 3 is 2.75 bits per heavy atom. The van der Waals surface area contributed by atoms with E-state index < -0.39 is 9.84 Å². The van der Waals surface area contributed by atoms with Crippen LogP contribution in [0.15, 0.2) is 35.5 Å². The summed E-state index contributed by atoms with van der Waals surface area (Å²) in [5, 5.41) is 9.44. The van der Waals surface area contributed by atoms with Gasteiger partial charge in [0.05, 0.1) is 11.5 Å². The number of hydrogen-bond donors (Lipinski definition) is 0. The first-order chi connectivity index (χ1) is 11.5. The zero-order chi connectivity index (χ0) is 17.0. The molecule has 130 valence electrons. The molecule has 0 spiro atoms. The Kier molecular flexibility index (Phi) is 5.61. The second-order valence-electron chi connectivity index (χ2n) is 6.37. The zero-order valence-corrected chi connectivity index (χ0v) is 15.5. The molecule has 1 atom stereocenters. The summed E-state index contributed by atoms with van der Waals surface area (Å²) >= 11 is 1.72. The maximum absolute atomic E-state index is 11.6. The minimum Gasteiger partial charge on any atom is -0.309 e. The minimum atomic E-state index is -2.83. The van der Waals surface area contributed by atoms with E-state index in [1.54, 1.807) is 11.8 Å². The number of sulfone groups is 1. The van der Waals surface area contributed by atoms with Crippen molar-refractivity contribution >= 4 is 21.6 Å². The normalized spacial score (nSPS) is 19.6. The first-order valence-corrected chi connectivity index (χ1v) is 11.1. The van der Waals surface area contributed by atoms with Gasteiger partial charge in [-0.3, -0.25) is 0 Å². The highest BCUT2D eigenvalue weighted by atomic mass is 32.2. The standard InChI is InChI=1S/C17H23N3O2S2/c1-20-16(12-15-9-11-24(21,22)13-15)18-19-17(20)23-10-5-8-14-6-3-2-4-7-14/h2-4,6-7,15H,5,8-13H2,1H3. The lowest BCUT2D eigenvalue weighted by Crippen LogP contribution is -2.11. The highest BCUT2D eigenvalue weighted by molar-refractivity contribution is 7.99. The lowest BCUT2D eigenvalue weighted by atomic mass is 10.1. The Balaban J connectivity index is 1.48.